The Morgan fingerprint density at radius 1 is 0.865 bits per heavy atom. The van der Waals surface area contributed by atoms with Gasteiger partial charge in [-0.15, -0.1) is 0 Å². The largest absolute Gasteiger partial charge is 0.493 e. The summed E-state index contributed by atoms with van der Waals surface area (Å²) in [5.74, 6) is 2.36. The summed E-state index contributed by atoms with van der Waals surface area (Å²) in [4.78, 5) is 24.6. The minimum atomic E-state index is -0.854. The molecule has 0 radical (unpaired) electrons. The molecule has 0 amide bonds. The molecule has 4 rings (SSSR count). The molecule has 1 saturated heterocycles. The lowest BCUT2D eigenvalue weighted by molar-refractivity contribution is -0.167. The van der Waals surface area contributed by atoms with E-state index in [1.807, 2.05) is 67.6 Å². The monoisotopic (exact) mass is 504 g/mol. The van der Waals surface area contributed by atoms with E-state index in [9.17, 15) is 9.59 Å². The Bertz CT molecular complexity index is 1200. The molecule has 1 aliphatic rings. The van der Waals surface area contributed by atoms with Crippen molar-refractivity contribution in [3.63, 3.8) is 0 Å². The molecular formula is C31H36O6. The number of hydrogen-bond donors (Lipinski definition) is 0. The number of esters is 1. The maximum absolute atomic E-state index is 12.5. The van der Waals surface area contributed by atoms with Gasteiger partial charge in [-0.1, -0.05) is 50.6 Å². The number of hydrogen-bond acceptors (Lipinski definition) is 6. The predicted molar refractivity (Wildman–Crippen MR) is 143 cm³/mol. The first-order valence-corrected chi connectivity index (χ1v) is 13.0. The van der Waals surface area contributed by atoms with Gasteiger partial charge in [0.2, 0.25) is 0 Å². The van der Waals surface area contributed by atoms with E-state index < -0.39 is 6.10 Å². The zero-order valence-corrected chi connectivity index (χ0v) is 21.5. The Hall–Kier alpha value is -3.80. The van der Waals surface area contributed by atoms with E-state index in [-0.39, 0.29) is 25.5 Å². The average molecular weight is 505 g/mol. The number of rotatable bonds is 12. The van der Waals surface area contributed by atoms with E-state index in [0.29, 0.717) is 37.4 Å². The number of carbonyl (C=O) groups is 2. The molecule has 2 unspecified atom stereocenters. The van der Waals surface area contributed by atoms with E-state index in [0.717, 1.165) is 35.7 Å². The first-order chi connectivity index (χ1) is 18.1. The lowest BCUT2D eigenvalue weighted by Gasteiger charge is -2.26. The fourth-order valence-electron chi connectivity index (χ4n) is 4.32. The van der Waals surface area contributed by atoms with Crippen LogP contribution in [0.3, 0.4) is 0 Å². The second-order valence-corrected chi connectivity index (χ2v) is 9.15. The Morgan fingerprint density at radius 2 is 1.65 bits per heavy atom. The zero-order valence-electron chi connectivity index (χ0n) is 21.5. The summed E-state index contributed by atoms with van der Waals surface area (Å²) in [6.07, 6.45) is 2.56. The molecular weight excluding hydrogens is 468 g/mol. The second-order valence-electron chi connectivity index (χ2n) is 9.15. The van der Waals surface area contributed by atoms with Gasteiger partial charge in [-0.05, 0) is 60.9 Å². The minimum Gasteiger partial charge on any atom is -0.493 e. The van der Waals surface area contributed by atoms with Crippen LogP contribution in [0.5, 0.6) is 23.0 Å². The van der Waals surface area contributed by atoms with Crippen LogP contribution in [0.4, 0.5) is 0 Å². The van der Waals surface area contributed by atoms with Gasteiger partial charge in [-0.3, -0.25) is 9.59 Å². The van der Waals surface area contributed by atoms with Crippen LogP contribution in [0.1, 0.15) is 58.2 Å². The van der Waals surface area contributed by atoms with Crippen LogP contribution in [0.2, 0.25) is 0 Å². The highest BCUT2D eigenvalue weighted by Crippen LogP contribution is 2.32. The summed E-state index contributed by atoms with van der Waals surface area (Å²) >= 11 is 0. The Morgan fingerprint density at radius 3 is 2.43 bits per heavy atom. The van der Waals surface area contributed by atoms with Crippen LogP contribution in [0.15, 0.2) is 72.8 Å². The van der Waals surface area contributed by atoms with Crippen molar-refractivity contribution in [3.05, 3.63) is 83.9 Å². The Kier molecular flexibility index (Phi) is 9.19. The van der Waals surface area contributed by atoms with Crippen molar-refractivity contribution in [3.8, 4) is 23.0 Å². The average Bonchev–Trinajstić information content (AvgIpc) is 2.91. The molecule has 0 N–H and O–H groups in total. The van der Waals surface area contributed by atoms with Gasteiger partial charge in [0.1, 0.15) is 23.0 Å². The van der Waals surface area contributed by atoms with Crippen molar-refractivity contribution >= 4 is 11.8 Å². The topological polar surface area (TPSA) is 71.1 Å². The number of carbonyl (C=O) groups excluding carboxylic acids is 2. The minimum absolute atomic E-state index is 0. The maximum Gasteiger partial charge on any atom is 0.310 e. The highest BCUT2D eigenvalue weighted by Gasteiger charge is 2.36. The number of benzene rings is 3. The molecule has 37 heavy (non-hydrogen) atoms. The van der Waals surface area contributed by atoms with E-state index in [2.05, 4.69) is 6.92 Å². The number of cyclic esters (lactones) is 1. The predicted octanol–water partition coefficient (Wildman–Crippen LogP) is 7.11. The third-order valence-electron chi connectivity index (χ3n) is 6.31. The van der Waals surface area contributed by atoms with Gasteiger partial charge in [-0.2, -0.15) is 0 Å². The summed E-state index contributed by atoms with van der Waals surface area (Å²) in [5, 5.41) is 0. The van der Waals surface area contributed by atoms with Gasteiger partial charge in [0.15, 0.2) is 11.9 Å². The molecule has 0 aliphatic carbocycles. The number of ketones is 1. The fourth-order valence-corrected chi connectivity index (χ4v) is 4.32. The third-order valence-corrected chi connectivity index (χ3v) is 6.31. The molecule has 2 atom stereocenters. The standard InChI is InChI=1S/C31H34O6.H2/c1-3-10-23-19-27(36-25-12-6-5-7-13-25)15-16-29(23)35-18-9-17-34-26-14-8-11-24(20-26)30-28(32)21-22(4-2)31(33)37-30;/h5-8,11-16,19-20,22,30H,3-4,9-10,17-18,21H2,1-2H3;1H. The lowest BCUT2D eigenvalue weighted by atomic mass is 9.91. The third kappa shape index (κ3) is 7.13. The molecule has 6 nitrogen and oxygen atoms in total. The Balaban J connectivity index is 0.00000400. The van der Waals surface area contributed by atoms with E-state index in [1.165, 1.54) is 0 Å². The van der Waals surface area contributed by atoms with Crippen molar-refractivity contribution in [2.24, 2.45) is 5.92 Å². The van der Waals surface area contributed by atoms with Crippen molar-refractivity contribution < 1.29 is 30.0 Å². The molecule has 0 bridgehead atoms. The molecule has 0 aromatic heterocycles. The SMILES string of the molecule is CCCc1cc(Oc2ccccc2)ccc1OCCCOc1cccc(C2OC(=O)C(CC)CC2=O)c1.[HH]. The molecule has 0 spiro atoms. The quantitative estimate of drug-likeness (QED) is 0.193. The normalized spacial score (nSPS) is 17.2. The second kappa shape index (κ2) is 12.9. The smallest absolute Gasteiger partial charge is 0.310 e. The van der Waals surface area contributed by atoms with Crippen molar-refractivity contribution in [2.45, 2.75) is 52.1 Å². The summed E-state index contributed by atoms with van der Waals surface area (Å²) < 4.78 is 23.4. The van der Waals surface area contributed by atoms with Crippen LogP contribution in [-0.4, -0.2) is 25.0 Å². The molecule has 196 valence electrons. The van der Waals surface area contributed by atoms with Crippen LogP contribution in [0.25, 0.3) is 0 Å². The van der Waals surface area contributed by atoms with Gasteiger partial charge in [0, 0.05) is 19.8 Å². The number of Topliss-reactive ketones (excluding diaryl/α,β-unsaturated/α-hetero) is 1. The summed E-state index contributed by atoms with van der Waals surface area (Å²) in [6, 6.07) is 22.8. The summed E-state index contributed by atoms with van der Waals surface area (Å²) in [7, 11) is 0. The molecule has 0 saturated carbocycles. The van der Waals surface area contributed by atoms with Gasteiger partial charge in [0.25, 0.3) is 0 Å². The molecule has 1 fully saturated rings. The van der Waals surface area contributed by atoms with E-state index >= 15 is 0 Å². The molecule has 6 heteroatoms. The van der Waals surface area contributed by atoms with Gasteiger partial charge >= 0.3 is 5.97 Å². The van der Waals surface area contributed by atoms with Crippen molar-refractivity contribution in [2.75, 3.05) is 13.2 Å². The highest BCUT2D eigenvalue weighted by molar-refractivity contribution is 5.93. The van der Waals surface area contributed by atoms with Gasteiger partial charge < -0.3 is 18.9 Å². The van der Waals surface area contributed by atoms with Gasteiger partial charge in [0.05, 0.1) is 19.1 Å². The summed E-state index contributed by atoms with van der Waals surface area (Å²) in [5.41, 5.74) is 1.75. The van der Waals surface area contributed by atoms with Crippen LogP contribution in [-0.2, 0) is 20.7 Å². The first-order valence-electron chi connectivity index (χ1n) is 13.0. The lowest BCUT2D eigenvalue weighted by Crippen LogP contribution is -2.33. The maximum atomic E-state index is 12.5. The van der Waals surface area contributed by atoms with Crippen LogP contribution in [0, 0.1) is 5.92 Å². The first kappa shape index (κ1) is 26.3. The molecule has 3 aromatic carbocycles. The van der Waals surface area contributed by atoms with E-state index in [4.69, 9.17) is 18.9 Å². The molecule has 1 aliphatic heterocycles. The number of para-hydroxylation sites is 1. The van der Waals surface area contributed by atoms with Crippen LogP contribution < -0.4 is 14.2 Å². The van der Waals surface area contributed by atoms with E-state index in [1.54, 1.807) is 12.1 Å². The fraction of sp³-hybridized carbons (Fsp3) is 0.355. The Labute approximate surface area is 220 Å². The van der Waals surface area contributed by atoms with Crippen molar-refractivity contribution in [1.29, 1.82) is 0 Å². The van der Waals surface area contributed by atoms with Gasteiger partial charge in [-0.25, -0.2) is 0 Å². The number of ether oxygens (including phenoxy) is 4. The molecule has 1 heterocycles. The van der Waals surface area contributed by atoms with Crippen LogP contribution >= 0.6 is 0 Å². The highest BCUT2D eigenvalue weighted by atomic mass is 16.5. The zero-order chi connectivity index (χ0) is 26.0. The van der Waals surface area contributed by atoms with Crippen molar-refractivity contribution in [1.82, 2.24) is 0 Å². The number of aryl methyl sites for hydroxylation is 1. The summed E-state index contributed by atoms with van der Waals surface area (Å²) in [6.45, 7) is 4.99. The molecule has 3 aromatic rings.